The molecule has 2 rings (SSSR count). The molecule has 28 heavy (non-hydrogen) atoms. The molecule has 154 valence electrons. The van der Waals surface area contributed by atoms with Crippen LogP contribution in [0, 0.1) is 11.8 Å². The molecule has 0 heterocycles. The second-order valence-electron chi connectivity index (χ2n) is 7.30. The van der Waals surface area contributed by atoms with Crippen LogP contribution in [0.1, 0.15) is 62.7 Å². The van der Waals surface area contributed by atoms with Gasteiger partial charge < -0.3 is 10.1 Å². The summed E-state index contributed by atoms with van der Waals surface area (Å²) in [6.45, 7) is 5.12. The fourth-order valence-corrected chi connectivity index (χ4v) is 2.80. The van der Waals surface area contributed by atoms with Crippen molar-refractivity contribution in [1.82, 2.24) is 16.2 Å². The molecule has 0 bridgehead atoms. The fourth-order valence-electron chi connectivity index (χ4n) is 2.80. The molecule has 2 unspecified atom stereocenters. The van der Waals surface area contributed by atoms with E-state index in [1.54, 1.807) is 24.3 Å². The quantitative estimate of drug-likeness (QED) is 0.400. The molecule has 0 aromatic heterocycles. The maximum absolute atomic E-state index is 12.1. The first-order chi connectivity index (χ1) is 13.5. The Labute approximate surface area is 166 Å². The maximum Gasteiger partial charge on any atom is 0.269 e. The zero-order valence-electron chi connectivity index (χ0n) is 16.8. The van der Waals surface area contributed by atoms with Gasteiger partial charge in [0.1, 0.15) is 5.75 Å². The molecule has 1 aromatic carbocycles. The summed E-state index contributed by atoms with van der Waals surface area (Å²) in [6, 6.07) is 6.79. The van der Waals surface area contributed by atoms with E-state index >= 15 is 0 Å². The lowest BCUT2D eigenvalue weighted by Gasteiger charge is -2.09. The van der Waals surface area contributed by atoms with Crippen molar-refractivity contribution in [3.05, 3.63) is 29.8 Å². The SMILES string of the molecule is CCCCCCOc1ccc(C(=O)NNC(=O)CCNC(=O)C2CC2C)cc1. The number of unbranched alkanes of at least 4 members (excludes halogenated alkanes) is 3. The molecule has 0 saturated heterocycles. The van der Waals surface area contributed by atoms with Crippen LogP contribution < -0.4 is 20.9 Å². The summed E-state index contributed by atoms with van der Waals surface area (Å²) in [5.74, 6) is 0.482. The lowest BCUT2D eigenvalue weighted by atomic mass is 10.2. The number of rotatable bonds is 11. The Morgan fingerprint density at radius 2 is 1.79 bits per heavy atom. The van der Waals surface area contributed by atoms with E-state index in [1.807, 2.05) is 6.92 Å². The van der Waals surface area contributed by atoms with Gasteiger partial charge in [0, 0.05) is 24.4 Å². The van der Waals surface area contributed by atoms with Gasteiger partial charge in [-0.15, -0.1) is 0 Å². The van der Waals surface area contributed by atoms with Crippen molar-refractivity contribution in [3.8, 4) is 5.75 Å². The predicted octanol–water partition coefficient (Wildman–Crippen LogP) is 2.57. The van der Waals surface area contributed by atoms with E-state index in [9.17, 15) is 14.4 Å². The summed E-state index contributed by atoms with van der Waals surface area (Å²) < 4.78 is 5.64. The third kappa shape index (κ3) is 7.58. The first-order valence-electron chi connectivity index (χ1n) is 10.1. The van der Waals surface area contributed by atoms with Crippen LogP contribution in [0.2, 0.25) is 0 Å². The maximum atomic E-state index is 12.1. The van der Waals surface area contributed by atoms with Crippen molar-refractivity contribution >= 4 is 17.7 Å². The Bertz CT molecular complexity index is 660. The number of ether oxygens (including phenoxy) is 1. The smallest absolute Gasteiger partial charge is 0.269 e. The van der Waals surface area contributed by atoms with E-state index in [-0.39, 0.29) is 30.7 Å². The Morgan fingerprint density at radius 3 is 2.43 bits per heavy atom. The lowest BCUT2D eigenvalue weighted by molar-refractivity contribution is -0.123. The van der Waals surface area contributed by atoms with Gasteiger partial charge in [0.05, 0.1) is 6.61 Å². The van der Waals surface area contributed by atoms with Crippen molar-refractivity contribution in [2.45, 2.75) is 52.4 Å². The van der Waals surface area contributed by atoms with Gasteiger partial charge in [-0.2, -0.15) is 0 Å². The molecule has 3 amide bonds. The Balaban J connectivity index is 1.61. The highest BCUT2D eigenvalue weighted by molar-refractivity contribution is 5.95. The third-order valence-corrected chi connectivity index (χ3v) is 4.80. The minimum atomic E-state index is -0.404. The van der Waals surface area contributed by atoms with Gasteiger partial charge in [-0.25, -0.2) is 0 Å². The van der Waals surface area contributed by atoms with Crippen LogP contribution in [0.15, 0.2) is 24.3 Å². The standard InChI is InChI=1S/C21H31N3O4/c1-3-4-5-6-13-28-17-9-7-16(8-10-17)20(26)24-23-19(25)11-12-22-21(27)18-14-15(18)2/h7-10,15,18H,3-6,11-14H2,1-2H3,(H,22,27)(H,23,25)(H,24,26). The van der Waals surface area contributed by atoms with Gasteiger partial charge in [0.15, 0.2) is 0 Å². The highest BCUT2D eigenvalue weighted by Gasteiger charge is 2.38. The number of amides is 3. The first kappa shape index (κ1) is 21.7. The zero-order valence-corrected chi connectivity index (χ0v) is 16.8. The van der Waals surface area contributed by atoms with Gasteiger partial charge in [-0.05, 0) is 43.0 Å². The number of benzene rings is 1. The van der Waals surface area contributed by atoms with Crippen molar-refractivity contribution < 1.29 is 19.1 Å². The molecule has 2 atom stereocenters. The lowest BCUT2D eigenvalue weighted by Crippen LogP contribution is -2.42. The van der Waals surface area contributed by atoms with Gasteiger partial charge in [-0.3, -0.25) is 25.2 Å². The molecule has 0 spiro atoms. The highest BCUT2D eigenvalue weighted by Crippen LogP contribution is 2.37. The Morgan fingerprint density at radius 1 is 1.07 bits per heavy atom. The van der Waals surface area contributed by atoms with Crippen LogP contribution in [-0.2, 0) is 9.59 Å². The number of hydrogen-bond donors (Lipinski definition) is 3. The Kier molecular flexibility index (Phi) is 8.78. The summed E-state index contributed by atoms with van der Waals surface area (Å²) in [5.41, 5.74) is 5.15. The van der Waals surface area contributed by atoms with Crippen molar-refractivity contribution in [3.63, 3.8) is 0 Å². The minimum Gasteiger partial charge on any atom is -0.494 e. The molecule has 1 aliphatic rings. The van der Waals surface area contributed by atoms with Crippen molar-refractivity contribution in [2.24, 2.45) is 11.8 Å². The molecular weight excluding hydrogens is 358 g/mol. The molecule has 1 aliphatic carbocycles. The molecule has 7 heteroatoms. The molecule has 1 fully saturated rings. The van der Waals surface area contributed by atoms with Crippen molar-refractivity contribution in [2.75, 3.05) is 13.2 Å². The fraction of sp³-hybridized carbons (Fsp3) is 0.571. The normalized spacial score (nSPS) is 17.5. The van der Waals surface area contributed by atoms with Gasteiger partial charge >= 0.3 is 0 Å². The second kappa shape index (κ2) is 11.3. The van der Waals surface area contributed by atoms with Gasteiger partial charge in [0.2, 0.25) is 11.8 Å². The van der Waals surface area contributed by atoms with E-state index in [2.05, 4.69) is 23.1 Å². The second-order valence-corrected chi connectivity index (χ2v) is 7.30. The topological polar surface area (TPSA) is 96.5 Å². The monoisotopic (exact) mass is 389 g/mol. The van der Waals surface area contributed by atoms with E-state index in [0.29, 0.717) is 18.1 Å². The van der Waals surface area contributed by atoms with E-state index in [1.165, 1.54) is 12.8 Å². The number of carbonyl (C=O) groups is 3. The molecule has 1 aromatic rings. The van der Waals surface area contributed by atoms with Crippen LogP contribution in [0.5, 0.6) is 5.75 Å². The minimum absolute atomic E-state index is 0.00277. The molecule has 3 N–H and O–H groups in total. The average Bonchev–Trinajstić information content (AvgIpc) is 3.43. The number of carbonyl (C=O) groups excluding carboxylic acids is 3. The number of nitrogens with one attached hydrogen (secondary N) is 3. The average molecular weight is 389 g/mol. The summed E-state index contributed by atoms with van der Waals surface area (Å²) in [5, 5.41) is 2.73. The number of hydrazine groups is 1. The van der Waals surface area contributed by atoms with Crippen LogP contribution in [-0.4, -0.2) is 30.9 Å². The van der Waals surface area contributed by atoms with Crippen LogP contribution >= 0.6 is 0 Å². The van der Waals surface area contributed by atoms with Gasteiger partial charge in [0.25, 0.3) is 5.91 Å². The van der Waals surface area contributed by atoms with Crippen LogP contribution in [0.4, 0.5) is 0 Å². The van der Waals surface area contributed by atoms with E-state index in [4.69, 9.17) is 4.74 Å². The molecule has 0 radical (unpaired) electrons. The van der Waals surface area contributed by atoms with Crippen LogP contribution in [0.25, 0.3) is 0 Å². The van der Waals surface area contributed by atoms with E-state index < -0.39 is 5.91 Å². The van der Waals surface area contributed by atoms with Crippen LogP contribution in [0.3, 0.4) is 0 Å². The molecule has 7 nitrogen and oxygen atoms in total. The summed E-state index contributed by atoms with van der Waals surface area (Å²) in [4.78, 5) is 35.5. The molecule has 1 saturated carbocycles. The first-order valence-corrected chi connectivity index (χ1v) is 10.1. The summed E-state index contributed by atoms with van der Waals surface area (Å²) in [6.07, 6.45) is 5.59. The van der Waals surface area contributed by atoms with Gasteiger partial charge in [-0.1, -0.05) is 33.1 Å². The summed E-state index contributed by atoms with van der Waals surface area (Å²) in [7, 11) is 0. The zero-order chi connectivity index (χ0) is 20.4. The predicted molar refractivity (Wildman–Crippen MR) is 107 cm³/mol. The third-order valence-electron chi connectivity index (χ3n) is 4.80. The largest absolute Gasteiger partial charge is 0.494 e. The number of hydrogen-bond acceptors (Lipinski definition) is 4. The van der Waals surface area contributed by atoms with Crippen molar-refractivity contribution in [1.29, 1.82) is 0 Å². The van der Waals surface area contributed by atoms with E-state index in [0.717, 1.165) is 25.0 Å². The molecule has 0 aliphatic heterocycles. The Hall–Kier alpha value is -2.57. The highest BCUT2D eigenvalue weighted by atomic mass is 16.5. The molecular formula is C21H31N3O4. The summed E-state index contributed by atoms with van der Waals surface area (Å²) >= 11 is 0.